The Morgan fingerprint density at radius 1 is 1.23 bits per heavy atom. The number of benzene rings is 1. The Bertz CT molecular complexity index is 599. The molecular formula is C16H24F3N2O4P. The zero-order valence-corrected chi connectivity index (χ0v) is 15.6. The first kappa shape index (κ1) is 22.5. The van der Waals surface area contributed by atoms with E-state index in [1.807, 2.05) is 6.92 Å². The molecule has 0 spiro atoms. The molecule has 1 amide bonds. The van der Waals surface area contributed by atoms with Gasteiger partial charge in [-0.15, -0.1) is 0 Å². The lowest BCUT2D eigenvalue weighted by molar-refractivity contribution is -0.137. The van der Waals surface area contributed by atoms with Crippen LogP contribution in [0.1, 0.15) is 31.7 Å². The second kappa shape index (κ2) is 10.5. The maximum absolute atomic E-state index is 13.3. The van der Waals surface area contributed by atoms with Gasteiger partial charge in [0.15, 0.2) is 0 Å². The van der Waals surface area contributed by atoms with Crippen LogP contribution in [0.2, 0.25) is 0 Å². The highest BCUT2D eigenvalue weighted by Gasteiger charge is 2.53. The van der Waals surface area contributed by atoms with Crippen molar-refractivity contribution in [3.8, 4) is 0 Å². The lowest BCUT2D eigenvalue weighted by atomic mass is 10.2. The largest absolute Gasteiger partial charge is 0.445 e. The molecule has 26 heavy (non-hydrogen) atoms. The molecule has 0 aromatic heterocycles. The van der Waals surface area contributed by atoms with E-state index in [2.05, 4.69) is 9.61 Å². The van der Waals surface area contributed by atoms with E-state index in [1.54, 1.807) is 35.6 Å². The van der Waals surface area contributed by atoms with E-state index in [0.29, 0.717) is 12.0 Å². The van der Waals surface area contributed by atoms with E-state index in [-0.39, 0.29) is 13.2 Å². The van der Waals surface area contributed by atoms with Gasteiger partial charge in [-0.1, -0.05) is 50.1 Å². The van der Waals surface area contributed by atoms with Crippen molar-refractivity contribution in [3.05, 3.63) is 35.9 Å². The van der Waals surface area contributed by atoms with Gasteiger partial charge in [0.1, 0.15) is 6.61 Å². The minimum atomic E-state index is -4.98. The summed E-state index contributed by atoms with van der Waals surface area (Å²) < 4.78 is 62.0. The number of rotatable bonds is 10. The minimum absolute atomic E-state index is 0.0757. The third-order valence-corrected chi connectivity index (χ3v) is 5.81. The molecule has 0 fully saturated rings. The molecule has 10 heteroatoms. The zero-order chi connectivity index (χ0) is 19.6. The zero-order valence-electron chi connectivity index (χ0n) is 14.7. The summed E-state index contributed by atoms with van der Waals surface area (Å²) in [5.74, 6) is -2.70. The summed E-state index contributed by atoms with van der Waals surface area (Å²) in [7, 11) is -3.50. The molecular weight excluding hydrogens is 372 g/mol. The number of amides is 1. The van der Waals surface area contributed by atoms with Crippen molar-refractivity contribution in [2.45, 2.75) is 44.8 Å². The first-order chi connectivity index (χ1) is 12.2. The van der Waals surface area contributed by atoms with Gasteiger partial charge in [-0.3, -0.25) is 4.57 Å². The van der Waals surface area contributed by atoms with Crippen molar-refractivity contribution < 1.29 is 31.8 Å². The van der Waals surface area contributed by atoms with Crippen LogP contribution in [-0.2, 0) is 20.4 Å². The van der Waals surface area contributed by atoms with Crippen molar-refractivity contribution in [1.82, 2.24) is 10.4 Å². The van der Waals surface area contributed by atoms with Gasteiger partial charge in [0.25, 0.3) is 0 Å². The van der Waals surface area contributed by atoms with Crippen LogP contribution in [0.25, 0.3) is 0 Å². The van der Waals surface area contributed by atoms with Gasteiger partial charge < -0.3 is 14.6 Å². The molecule has 0 saturated carbocycles. The first-order valence-corrected chi connectivity index (χ1v) is 9.87. The fraction of sp³-hybridized carbons (Fsp3) is 0.562. The molecule has 0 radical (unpaired) electrons. The van der Waals surface area contributed by atoms with Gasteiger partial charge in [-0.05, 0) is 12.0 Å². The van der Waals surface area contributed by atoms with Gasteiger partial charge >= 0.3 is 19.8 Å². The Morgan fingerprint density at radius 3 is 2.42 bits per heavy atom. The van der Waals surface area contributed by atoms with Crippen molar-refractivity contribution in [2.24, 2.45) is 0 Å². The van der Waals surface area contributed by atoms with E-state index in [1.165, 1.54) is 0 Å². The maximum Gasteiger partial charge on any atom is 0.419 e. The quantitative estimate of drug-likeness (QED) is 0.452. The van der Waals surface area contributed by atoms with E-state index < -0.39 is 25.6 Å². The smallest absolute Gasteiger partial charge is 0.419 e. The molecule has 2 unspecified atom stereocenters. The van der Waals surface area contributed by atoms with E-state index in [0.717, 1.165) is 20.0 Å². The SMILES string of the molecule is CCCCCNP(=O)(OC)C(NC(=O)OCc1ccccc1)C(F)(F)F. The maximum atomic E-state index is 13.3. The third-order valence-electron chi connectivity index (χ3n) is 3.50. The van der Waals surface area contributed by atoms with Crippen LogP contribution in [0, 0.1) is 0 Å². The third kappa shape index (κ3) is 7.35. The summed E-state index contributed by atoms with van der Waals surface area (Å²) in [6, 6.07) is 8.47. The van der Waals surface area contributed by atoms with Gasteiger partial charge in [0.2, 0.25) is 5.78 Å². The van der Waals surface area contributed by atoms with Gasteiger partial charge in [-0.25, -0.2) is 9.88 Å². The molecule has 0 aliphatic carbocycles. The van der Waals surface area contributed by atoms with Crippen LogP contribution in [0.3, 0.4) is 0 Å². The number of carbonyl (C=O) groups excluding carboxylic acids is 1. The summed E-state index contributed by atoms with van der Waals surface area (Å²) in [5.41, 5.74) is 0.610. The van der Waals surface area contributed by atoms with Gasteiger partial charge in [0, 0.05) is 13.7 Å². The molecule has 148 valence electrons. The van der Waals surface area contributed by atoms with Crippen molar-refractivity contribution in [3.63, 3.8) is 0 Å². The van der Waals surface area contributed by atoms with Crippen LogP contribution >= 0.6 is 7.52 Å². The lowest BCUT2D eigenvalue weighted by Crippen LogP contribution is -2.48. The van der Waals surface area contributed by atoms with E-state index >= 15 is 0 Å². The predicted molar refractivity (Wildman–Crippen MR) is 91.7 cm³/mol. The second-order valence-electron chi connectivity index (χ2n) is 5.55. The van der Waals surface area contributed by atoms with E-state index in [9.17, 15) is 22.5 Å². The summed E-state index contributed by atoms with van der Waals surface area (Å²) in [5, 5.41) is 3.93. The number of hydrogen-bond donors (Lipinski definition) is 2. The monoisotopic (exact) mass is 396 g/mol. The number of carbonyl (C=O) groups is 1. The number of hydrogen-bond acceptors (Lipinski definition) is 4. The Kier molecular flexibility index (Phi) is 9.12. The van der Waals surface area contributed by atoms with Crippen LogP contribution in [0.5, 0.6) is 0 Å². The van der Waals surface area contributed by atoms with Gasteiger partial charge in [0.05, 0.1) is 0 Å². The summed E-state index contributed by atoms with van der Waals surface area (Å²) in [6.07, 6.45) is -4.16. The molecule has 6 nitrogen and oxygen atoms in total. The summed E-state index contributed by atoms with van der Waals surface area (Å²) in [6.45, 7) is 1.80. The molecule has 2 atom stereocenters. The summed E-state index contributed by atoms with van der Waals surface area (Å²) >= 11 is 0. The van der Waals surface area contributed by atoms with Crippen LogP contribution in [-0.4, -0.2) is 31.7 Å². The Morgan fingerprint density at radius 2 is 1.88 bits per heavy atom. The first-order valence-electron chi connectivity index (χ1n) is 8.17. The highest BCUT2D eigenvalue weighted by molar-refractivity contribution is 7.57. The fourth-order valence-corrected chi connectivity index (χ4v) is 3.76. The molecule has 0 saturated heterocycles. The standard InChI is InChI=1S/C16H24F3N2O4P/c1-3-4-8-11-20-26(23,24-2)14(16(17,18)19)21-15(22)25-12-13-9-6-5-7-10-13/h5-7,9-10,14H,3-4,8,11-12H2,1-2H3,(H,20,23)(H,21,22). The number of alkyl carbamates (subject to hydrolysis) is 1. The number of alkyl halides is 3. The average Bonchev–Trinajstić information content (AvgIpc) is 2.61. The van der Waals surface area contributed by atoms with Crippen LogP contribution in [0.15, 0.2) is 30.3 Å². The normalized spacial score (nSPS) is 15.1. The van der Waals surface area contributed by atoms with Crippen LogP contribution < -0.4 is 10.4 Å². The number of unbranched alkanes of at least 4 members (excludes halogenated alkanes) is 2. The topological polar surface area (TPSA) is 76.7 Å². The number of ether oxygens (including phenoxy) is 1. The van der Waals surface area contributed by atoms with Crippen molar-refractivity contribution in [2.75, 3.05) is 13.7 Å². The Balaban J connectivity index is 2.75. The molecule has 2 N–H and O–H groups in total. The minimum Gasteiger partial charge on any atom is -0.445 e. The molecule has 0 aliphatic heterocycles. The van der Waals surface area contributed by atoms with Crippen molar-refractivity contribution in [1.29, 1.82) is 0 Å². The summed E-state index contributed by atoms with van der Waals surface area (Å²) in [4.78, 5) is 11.8. The molecule has 0 heterocycles. The number of halogens is 3. The number of nitrogens with one attached hydrogen (secondary N) is 2. The lowest BCUT2D eigenvalue weighted by Gasteiger charge is -2.28. The molecule has 0 aliphatic rings. The Labute approximate surface area is 150 Å². The molecule has 1 aromatic carbocycles. The highest BCUT2D eigenvalue weighted by atomic mass is 31.2. The average molecular weight is 396 g/mol. The fourth-order valence-electron chi connectivity index (χ4n) is 2.11. The Hall–Kier alpha value is -1.57. The van der Waals surface area contributed by atoms with Gasteiger partial charge in [-0.2, -0.15) is 13.2 Å². The van der Waals surface area contributed by atoms with E-state index in [4.69, 9.17) is 4.74 Å². The molecule has 1 rings (SSSR count). The highest BCUT2D eigenvalue weighted by Crippen LogP contribution is 2.51. The van der Waals surface area contributed by atoms with Crippen LogP contribution in [0.4, 0.5) is 18.0 Å². The second-order valence-corrected chi connectivity index (χ2v) is 7.94. The predicted octanol–water partition coefficient (Wildman–Crippen LogP) is 4.42. The van der Waals surface area contributed by atoms with Crippen molar-refractivity contribution >= 4 is 13.6 Å². The molecule has 0 bridgehead atoms. The molecule has 1 aromatic rings.